The van der Waals surface area contributed by atoms with Gasteiger partial charge in [0.1, 0.15) is 11.3 Å². The second-order valence-electron chi connectivity index (χ2n) is 5.55. The van der Waals surface area contributed by atoms with Crippen LogP contribution in [0.25, 0.3) is 4.96 Å². The summed E-state index contributed by atoms with van der Waals surface area (Å²) in [5.41, 5.74) is -0.0615. The molecule has 26 heavy (non-hydrogen) atoms. The van der Waals surface area contributed by atoms with E-state index < -0.39 is 23.5 Å². The number of carbonyl (C=O) groups excluding carboxylic acids is 2. The van der Waals surface area contributed by atoms with E-state index in [9.17, 15) is 14.4 Å². The maximum absolute atomic E-state index is 13.1. The number of aromatic nitrogens is 2. The first-order valence-corrected chi connectivity index (χ1v) is 8.58. The van der Waals surface area contributed by atoms with Crippen LogP contribution in [0.15, 0.2) is 46.8 Å². The Morgan fingerprint density at radius 1 is 1.35 bits per heavy atom. The molecule has 1 unspecified atom stereocenters. The molecule has 0 aliphatic carbocycles. The number of methoxy groups -OCH3 is 1. The largest absolute Gasteiger partial charge is 0.475 e. The number of carbonyl (C=O) groups is 2. The van der Waals surface area contributed by atoms with Crippen LogP contribution in [-0.4, -0.2) is 41.0 Å². The fourth-order valence-electron chi connectivity index (χ4n) is 2.80. The molecule has 0 radical (unpaired) electrons. The number of fused-ring (bicyclic) bond motifs is 2. The molecule has 0 N–H and O–H groups in total. The summed E-state index contributed by atoms with van der Waals surface area (Å²) >= 11 is 1.30. The van der Waals surface area contributed by atoms with Crippen molar-refractivity contribution in [2.75, 3.05) is 18.6 Å². The Kier molecular flexibility index (Phi) is 3.92. The second-order valence-corrected chi connectivity index (χ2v) is 6.42. The molecule has 1 aliphatic heterocycles. The molecule has 1 aromatic carbocycles. The highest BCUT2D eigenvalue weighted by Crippen LogP contribution is 2.34. The van der Waals surface area contributed by atoms with E-state index in [2.05, 4.69) is 4.98 Å². The topological polar surface area (TPSA) is 90.2 Å². The van der Waals surface area contributed by atoms with Crippen LogP contribution in [-0.2, 0) is 9.53 Å². The Morgan fingerprint density at radius 2 is 2.15 bits per heavy atom. The van der Waals surface area contributed by atoms with Gasteiger partial charge in [0.2, 0.25) is 6.10 Å². The lowest BCUT2D eigenvalue weighted by molar-refractivity contribution is -0.148. The van der Waals surface area contributed by atoms with E-state index in [1.54, 1.807) is 35.8 Å². The lowest BCUT2D eigenvalue weighted by Gasteiger charge is -2.33. The lowest BCUT2D eigenvalue weighted by Crippen LogP contribution is -2.48. The Hall–Kier alpha value is -3.20. The molecule has 1 amide bonds. The van der Waals surface area contributed by atoms with Gasteiger partial charge in [0.25, 0.3) is 11.5 Å². The van der Waals surface area contributed by atoms with Gasteiger partial charge in [0, 0.05) is 17.8 Å². The number of rotatable bonds is 2. The molecule has 9 heteroatoms. The highest BCUT2D eigenvalue weighted by Gasteiger charge is 2.35. The molecule has 0 fully saturated rings. The normalized spacial score (nSPS) is 16.0. The first kappa shape index (κ1) is 16.3. The fraction of sp³-hybridized carbons (Fsp3) is 0.176. The van der Waals surface area contributed by atoms with Gasteiger partial charge >= 0.3 is 5.97 Å². The zero-order valence-corrected chi connectivity index (χ0v) is 14.4. The minimum absolute atomic E-state index is 0.0612. The Bertz CT molecular complexity index is 1070. The molecule has 0 bridgehead atoms. The van der Waals surface area contributed by atoms with Gasteiger partial charge in [-0.1, -0.05) is 12.1 Å². The molecule has 3 aromatic rings. The van der Waals surface area contributed by atoms with Gasteiger partial charge in [0.15, 0.2) is 4.96 Å². The van der Waals surface area contributed by atoms with Crippen molar-refractivity contribution in [2.24, 2.45) is 0 Å². The average molecular weight is 371 g/mol. The maximum Gasteiger partial charge on any atom is 0.348 e. The number of esters is 1. The Balaban J connectivity index is 1.79. The summed E-state index contributed by atoms with van der Waals surface area (Å²) in [7, 11) is 1.25. The summed E-state index contributed by atoms with van der Waals surface area (Å²) in [5, 5.41) is 1.72. The van der Waals surface area contributed by atoms with Crippen LogP contribution in [0.5, 0.6) is 5.75 Å². The quantitative estimate of drug-likeness (QED) is 0.632. The first-order chi connectivity index (χ1) is 12.6. The molecule has 132 valence electrons. The van der Waals surface area contributed by atoms with Gasteiger partial charge in [-0.05, 0) is 12.1 Å². The third-order valence-corrected chi connectivity index (χ3v) is 4.83. The van der Waals surface area contributed by atoms with Crippen molar-refractivity contribution in [2.45, 2.75) is 6.10 Å². The number of amides is 1. The third-order valence-electron chi connectivity index (χ3n) is 4.06. The number of anilines is 1. The van der Waals surface area contributed by atoms with Gasteiger partial charge in [-0.15, -0.1) is 11.3 Å². The molecule has 2 aromatic heterocycles. The highest BCUT2D eigenvalue weighted by molar-refractivity contribution is 7.15. The van der Waals surface area contributed by atoms with E-state index >= 15 is 0 Å². The van der Waals surface area contributed by atoms with E-state index in [0.29, 0.717) is 16.4 Å². The maximum atomic E-state index is 13.1. The van der Waals surface area contributed by atoms with Crippen molar-refractivity contribution < 1.29 is 19.1 Å². The van der Waals surface area contributed by atoms with Crippen LogP contribution in [0.3, 0.4) is 0 Å². The summed E-state index contributed by atoms with van der Waals surface area (Å²) in [4.78, 5) is 43.6. The first-order valence-electron chi connectivity index (χ1n) is 7.70. The number of ether oxygens (including phenoxy) is 2. The number of para-hydroxylation sites is 2. The molecule has 4 rings (SSSR count). The van der Waals surface area contributed by atoms with Crippen LogP contribution >= 0.6 is 11.3 Å². The van der Waals surface area contributed by atoms with Crippen LogP contribution in [0.1, 0.15) is 10.4 Å². The van der Waals surface area contributed by atoms with Gasteiger partial charge in [0.05, 0.1) is 19.3 Å². The molecule has 0 saturated heterocycles. The van der Waals surface area contributed by atoms with Crippen molar-refractivity contribution in [3.63, 3.8) is 0 Å². The van der Waals surface area contributed by atoms with Crippen molar-refractivity contribution in [3.8, 4) is 5.75 Å². The summed E-state index contributed by atoms with van der Waals surface area (Å²) in [6.07, 6.45) is 1.86. The van der Waals surface area contributed by atoms with Crippen LogP contribution in [0.2, 0.25) is 0 Å². The Morgan fingerprint density at radius 3 is 2.96 bits per heavy atom. The molecule has 0 spiro atoms. The van der Waals surface area contributed by atoms with Gasteiger partial charge in [-0.3, -0.25) is 14.0 Å². The summed E-state index contributed by atoms with van der Waals surface area (Å²) in [6, 6.07) is 6.82. The highest BCUT2D eigenvalue weighted by atomic mass is 32.1. The van der Waals surface area contributed by atoms with E-state index in [-0.39, 0.29) is 12.1 Å². The zero-order valence-electron chi connectivity index (χ0n) is 13.6. The second kappa shape index (κ2) is 6.26. The van der Waals surface area contributed by atoms with Crippen molar-refractivity contribution in [3.05, 3.63) is 58.0 Å². The molecule has 8 nitrogen and oxygen atoms in total. The minimum atomic E-state index is -0.973. The summed E-state index contributed by atoms with van der Waals surface area (Å²) in [6.45, 7) is -0.0612. The predicted molar refractivity (Wildman–Crippen MR) is 93.9 cm³/mol. The number of nitrogens with zero attached hydrogens (tertiary/aromatic N) is 3. The molecular formula is C17H13N3O5S. The molecule has 1 aliphatic rings. The van der Waals surface area contributed by atoms with Crippen molar-refractivity contribution in [1.29, 1.82) is 0 Å². The van der Waals surface area contributed by atoms with Crippen molar-refractivity contribution >= 4 is 33.9 Å². The molecule has 0 saturated carbocycles. The number of thiazole rings is 1. The zero-order chi connectivity index (χ0) is 18.3. The van der Waals surface area contributed by atoms with Crippen LogP contribution in [0.4, 0.5) is 5.69 Å². The van der Waals surface area contributed by atoms with E-state index in [1.807, 2.05) is 0 Å². The standard InChI is InChI=1S/C17H13N3O5S/c1-24-16(23)13-9-20(11-4-2-3-5-12(11)25-13)15(22)10-8-18-17-19(14(10)21)6-7-26-17/h2-8,13H,9H2,1H3. The lowest BCUT2D eigenvalue weighted by atomic mass is 10.1. The molecule has 3 heterocycles. The average Bonchev–Trinajstić information content (AvgIpc) is 3.16. The summed E-state index contributed by atoms with van der Waals surface area (Å²) in [5.74, 6) is -0.777. The number of hydrogen-bond acceptors (Lipinski definition) is 7. The fourth-order valence-corrected chi connectivity index (χ4v) is 3.47. The predicted octanol–water partition coefficient (Wildman–Crippen LogP) is 1.34. The molecular weight excluding hydrogens is 358 g/mol. The smallest absolute Gasteiger partial charge is 0.348 e. The van der Waals surface area contributed by atoms with Gasteiger partial charge < -0.3 is 14.4 Å². The van der Waals surface area contributed by atoms with E-state index in [1.165, 1.54) is 33.9 Å². The van der Waals surface area contributed by atoms with E-state index in [4.69, 9.17) is 9.47 Å². The third kappa shape index (κ3) is 2.53. The van der Waals surface area contributed by atoms with Gasteiger partial charge in [-0.2, -0.15) is 0 Å². The number of hydrogen-bond donors (Lipinski definition) is 0. The van der Waals surface area contributed by atoms with Crippen molar-refractivity contribution in [1.82, 2.24) is 9.38 Å². The van der Waals surface area contributed by atoms with E-state index in [0.717, 1.165) is 0 Å². The van der Waals surface area contributed by atoms with Crippen LogP contribution in [0, 0.1) is 0 Å². The summed E-state index contributed by atoms with van der Waals surface area (Å²) < 4.78 is 11.7. The monoisotopic (exact) mass is 371 g/mol. The van der Waals surface area contributed by atoms with Crippen LogP contribution < -0.4 is 15.2 Å². The molecule has 1 atom stereocenters. The minimum Gasteiger partial charge on any atom is -0.475 e. The number of benzene rings is 1. The van der Waals surface area contributed by atoms with Gasteiger partial charge in [-0.25, -0.2) is 9.78 Å². The SMILES string of the molecule is COC(=O)C1CN(C(=O)c2cnc3sccn3c2=O)c2ccccc2O1. The Labute approximate surface area is 151 Å².